The molecule has 0 aliphatic carbocycles. The van der Waals surface area contributed by atoms with Crippen molar-refractivity contribution in [3.63, 3.8) is 0 Å². The number of benzene rings is 1. The van der Waals surface area contributed by atoms with Crippen molar-refractivity contribution in [3.8, 4) is 5.75 Å². The average molecular weight is 356 g/mol. The molecule has 0 radical (unpaired) electrons. The van der Waals surface area contributed by atoms with Crippen molar-refractivity contribution in [2.75, 3.05) is 31.6 Å². The first-order valence-electron chi connectivity index (χ1n) is 9.22. The number of aryl methyl sites for hydroxylation is 1. The molecule has 26 heavy (non-hydrogen) atoms. The van der Waals surface area contributed by atoms with Crippen molar-refractivity contribution in [1.29, 1.82) is 0 Å². The molecule has 1 aromatic heterocycles. The van der Waals surface area contributed by atoms with Crippen LogP contribution in [0.2, 0.25) is 0 Å². The van der Waals surface area contributed by atoms with Crippen LogP contribution >= 0.6 is 0 Å². The summed E-state index contributed by atoms with van der Waals surface area (Å²) in [6, 6.07) is 8.62. The van der Waals surface area contributed by atoms with Gasteiger partial charge in [-0.2, -0.15) is 0 Å². The van der Waals surface area contributed by atoms with Gasteiger partial charge in [0, 0.05) is 45.1 Å². The molecular formula is C20H28N4O2. The monoisotopic (exact) mass is 356 g/mol. The number of ether oxygens (including phenoxy) is 1. The molecule has 1 fully saturated rings. The lowest BCUT2D eigenvalue weighted by Gasteiger charge is -2.34. The van der Waals surface area contributed by atoms with Crippen molar-refractivity contribution in [1.82, 2.24) is 14.9 Å². The van der Waals surface area contributed by atoms with Gasteiger partial charge < -0.3 is 19.5 Å². The Morgan fingerprint density at radius 3 is 2.85 bits per heavy atom. The maximum absolute atomic E-state index is 12.3. The minimum absolute atomic E-state index is 0.0280. The SMILES string of the molecule is COc1ccc([C@@H](C)CN[C@@H]2CCCN(c3nccn(C)c3=O)C2)cc1. The Kier molecular flexibility index (Phi) is 5.93. The van der Waals surface area contributed by atoms with E-state index in [-0.39, 0.29) is 5.56 Å². The summed E-state index contributed by atoms with van der Waals surface area (Å²) >= 11 is 0. The van der Waals surface area contributed by atoms with Crippen LogP contribution < -0.4 is 20.5 Å². The number of rotatable bonds is 6. The minimum atomic E-state index is -0.0280. The molecule has 0 spiro atoms. The van der Waals surface area contributed by atoms with Gasteiger partial charge in [0.15, 0.2) is 5.82 Å². The zero-order valence-corrected chi connectivity index (χ0v) is 15.8. The smallest absolute Gasteiger partial charge is 0.293 e. The highest BCUT2D eigenvalue weighted by molar-refractivity contribution is 5.36. The van der Waals surface area contributed by atoms with E-state index in [0.717, 1.165) is 38.2 Å². The van der Waals surface area contributed by atoms with E-state index in [1.165, 1.54) is 5.56 Å². The highest BCUT2D eigenvalue weighted by atomic mass is 16.5. The Labute approximate surface area is 154 Å². The van der Waals surface area contributed by atoms with Crippen molar-refractivity contribution in [3.05, 3.63) is 52.6 Å². The molecular weight excluding hydrogens is 328 g/mol. The van der Waals surface area contributed by atoms with Crippen LogP contribution in [0.5, 0.6) is 5.75 Å². The predicted molar refractivity (Wildman–Crippen MR) is 104 cm³/mol. The standard InChI is InChI=1S/C20H28N4O2/c1-15(16-6-8-18(26-3)9-7-16)13-22-17-5-4-11-24(14-17)19-20(25)23(2)12-10-21-19/h6-10,12,15,17,22H,4-5,11,13-14H2,1-3H3/t15-,17+/m0/s1. The number of hydrogen-bond acceptors (Lipinski definition) is 5. The van der Waals surface area contributed by atoms with Crippen LogP contribution in [0.4, 0.5) is 5.82 Å². The molecule has 2 atom stereocenters. The van der Waals surface area contributed by atoms with E-state index in [1.54, 1.807) is 31.1 Å². The third kappa shape index (κ3) is 4.25. The number of methoxy groups -OCH3 is 1. The highest BCUT2D eigenvalue weighted by Crippen LogP contribution is 2.20. The summed E-state index contributed by atoms with van der Waals surface area (Å²) in [6.45, 7) is 4.84. The van der Waals surface area contributed by atoms with Crippen molar-refractivity contribution in [2.24, 2.45) is 7.05 Å². The van der Waals surface area contributed by atoms with Gasteiger partial charge in [-0.15, -0.1) is 0 Å². The zero-order valence-electron chi connectivity index (χ0n) is 15.8. The Hall–Kier alpha value is -2.34. The Bertz CT molecular complexity index is 772. The van der Waals surface area contributed by atoms with Gasteiger partial charge in [-0.3, -0.25) is 4.79 Å². The number of aromatic nitrogens is 2. The largest absolute Gasteiger partial charge is 0.497 e. The number of anilines is 1. The van der Waals surface area contributed by atoms with Crippen molar-refractivity contribution < 1.29 is 4.74 Å². The van der Waals surface area contributed by atoms with Crippen LogP contribution in [0, 0.1) is 0 Å². The fourth-order valence-electron chi connectivity index (χ4n) is 3.43. The van der Waals surface area contributed by atoms with Gasteiger partial charge in [0.05, 0.1) is 7.11 Å². The zero-order chi connectivity index (χ0) is 18.5. The molecule has 1 aliphatic rings. The van der Waals surface area contributed by atoms with E-state index in [4.69, 9.17) is 4.74 Å². The van der Waals surface area contributed by atoms with Gasteiger partial charge in [-0.05, 0) is 36.5 Å². The molecule has 6 heteroatoms. The first-order valence-corrected chi connectivity index (χ1v) is 9.22. The molecule has 1 saturated heterocycles. The van der Waals surface area contributed by atoms with Crippen molar-refractivity contribution >= 4 is 5.82 Å². The third-order valence-corrected chi connectivity index (χ3v) is 5.12. The van der Waals surface area contributed by atoms with Crippen molar-refractivity contribution in [2.45, 2.75) is 31.7 Å². The maximum Gasteiger partial charge on any atom is 0.293 e. The second kappa shape index (κ2) is 8.36. The minimum Gasteiger partial charge on any atom is -0.497 e. The number of hydrogen-bond donors (Lipinski definition) is 1. The van der Waals surface area contributed by atoms with Crippen LogP contribution in [0.15, 0.2) is 41.5 Å². The summed E-state index contributed by atoms with van der Waals surface area (Å²) in [6.07, 6.45) is 5.58. The first kappa shape index (κ1) is 18.5. The molecule has 1 aliphatic heterocycles. The van der Waals surface area contributed by atoms with E-state index in [1.807, 2.05) is 12.1 Å². The van der Waals surface area contributed by atoms with E-state index in [2.05, 4.69) is 34.3 Å². The summed E-state index contributed by atoms with van der Waals surface area (Å²) in [5.41, 5.74) is 1.27. The summed E-state index contributed by atoms with van der Waals surface area (Å²) < 4.78 is 6.81. The Balaban J connectivity index is 1.58. The molecule has 2 aromatic rings. The second-order valence-electron chi connectivity index (χ2n) is 7.03. The van der Waals surface area contributed by atoms with Gasteiger partial charge >= 0.3 is 0 Å². The lowest BCUT2D eigenvalue weighted by Crippen LogP contribution is -2.48. The topological polar surface area (TPSA) is 59.4 Å². The van der Waals surface area contributed by atoms with E-state index < -0.39 is 0 Å². The number of nitrogens with one attached hydrogen (secondary N) is 1. The summed E-state index contributed by atoms with van der Waals surface area (Å²) in [5, 5.41) is 3.67. The molecule has 2 heterocycles. The van der Waals surface area contributed by atoms with Gasteiger partial charge in [0.2, 0.25) is 0 Å². The van der Waals surface area contributed by atoms with E-state index >= 15 is 0 Å². The average Bonchev–Trinajstić information content (AvgIpc) is 2.68. The summed E-state index contributed by atoms with van der Waals surface area (Å²) in [7, 11) is 3.45. The first-order chi connectivity index (χ1) is 12.6. The molecule has 1 N–H and O–H groups in total. The molecule has 0 bridgehead atoms. The van der Waals surface area contributed by atoms with Crippen LogP contribution in [0.3, 0.4) is 0 Å². The van der Waals surface area contributed by atoms with Crippen LogP contribution in [0.1, 0.15) is 31.2 Å². The molecule has 140 valence electrons. The van der Waals surface area contributed by atoms with Gasteiger partial charge in [-0.1, -0.05) is 19.1 Å². The Morgan fingerprint density at radius 2 is 2.12 bits per heavy atom. The lowest BCUT2D eigenvalue weighted by molar-refractivity contribution is 0.409. The number of nitrogens with zero attached hydrogens (tertiary/aromatic N) is 3. The molecule has 0 saturated carbocycles. The number of piperidine rings is 1. The molecule has 6 nitrogen and oxygen atoms in total. The van der Waals surface area contributed by atoms with Crippen LogP contribution in [-0.2, 0) is 7.05 Å². The van der Waals surface area contributed by atoms with Gasteiger partial charge in [0.1, 0.15) is 5.75 Å². The molecule has 1 aromatic carbocycles. The highest BCUT2D eigenvalue weighted by Gasteiger charge is 2.23. The summed E-state index contributed by atoms with van der Waals surface area (Å²) in [4.78, 5) is 18.7. The maximum atomic E-state index is 12.3. The van der Waals surface area contributed by atoms with E-state index in [9.17, 15) is 4.79 Å². The molecule has 3 rings (SSSR count). The van der Waals surface area contributed by atoms with Gasteiger partial charge in [0.25, 0.3) is 5.56 Å². The van der Waals surface area contributed by atoms with E-state index in [0.29, 0.717) is 17.8 Å². The van der Waals surface area contributed by atoms with Crippen LogP contribution in [-0.4, -0.2) is 42.3 Å². The predicted octanol–water partition coefficient (Wildman–Crippen LogP) is 2.15. The Morgan fingerprint density at radius 1 is 1.35 bits per heavy atom. The normalized spacial score (nSPS) is 18.6. The fraction of sp³-hybridized carbons (Fsp3) is 0.500. The lowest BCUT2D eigenvalue weighted by atomic mass is 9.99. The second-order valence-corrected chi connectivity index (χ2v) is 7.03. The third-order valence-electron chi connectivity index (χ3n) is 5.12. The van der Waals surface area contributed by atoms with Gasteiger partial charge in [-0.25, -0.2) is 4.98 Å². The summed E-state index contributed by atoms with van der Waals surface area (Å²) in [5.74, 6) is 1.86. The quantitative estimate of drug-likeness (QED) is 0.859. The molecule has 0 amide bonds. The van der Waals surface area contributed by atoms with Crippen LogP contribution in [0.25, 0.3) is 0 Å². The fourth-order valence-corrected chi connectivity index (χ4v) is 3.43. The molecule has 0 unspecified atom stereocenters.